The first-order chi connectivity index (χ1) is 8.07. The van der Waals surface area contributed by atoms with E-state index in [2.05, 4.69) is 27.7 Å². The van der Waals surface area contributed by atoms with Crippen LogP contribution in [0.4, 0.5) is 0 Å². The third-order valence-corrected chi connectivity index (χ3v) is 3.67. The van der Waals surface area contributed by atoms with Gasteiger partial charge in [-0.3, -0.25) is 0 Å². The Morgan fingerprint density at radius 3 is 1.41 bits per heavy atom. The van der Waals surface area contributed by atoms with E-state index < -0.39 is 0 Å². The van der Waals surface area contributed by atoms with Crippen molar-refractivity contribution >= 4 is 0 Å². The SMILES string of the molecule is CCCC(=C(N)N)C(CCC)(CCC)CCC. The van der Waals surface area contributed by atoms with E-state index >= 15 is 0 Å². The van der Waals surface area contributed by atoms with Crippen LogP contribution >= 0.6 is 0 Å². The van der Waals surface area contributed by atoms with Crippen LogP contribution in [0.25, 0.3) is 0 Å². The summed E-state index contributed by atoms with van der Waals surface area (Å²) in [5.41, 5.74) is 13.5. The maximum Gasteiger partial charge on any atom is 0.0931 e. The Balaban J connectivity index is 5.26. The summed E-state index contributed by atoms with van der Waals surface area (Å²) in [5, 5.41) is 0. The van der Waals surface area contributed by atoms with Gasteiger partial charge in [0.15, 0.2) is 0 Å². The monoisotopic (exact) mass is 240 g/mol. The summed E-state index contributed by atoms with van der Waals surface area (Å²) in [6.07, 6.45) is 9.49. The summed E-state index contributed by atoms with van der Waals surface area (Å²) >= 11 is 0. The van der Waals surface area contributed by atoms with Crippen molar-refractivity contribution in [1.29, 1.82) is 0 Å². The van der Waals surface area contributed by atoms with Crippen LogP contribution in [0.5, 0.6) is 0 Å². The molecule has 0 radical (unpaired) electrons. The van der Waals surface area contributed by atoms with E-state index in [1.54, 1.807) is 0 Å². The van der Waals surface area contributed by atoms with E-state index in [9.17, 15) is 0 Å². The smallest absolute Gasteiger partial charge is 0.0931 e. The summed E-state index contributed by atoms with van der Waals surface area (Å²) in [5.74, 6) is 0.585. The van der Waals surface area contributed by atoms with Gasteiger partial charge in [0.1, 0.15) is 0 Å². The van der Waals surface area contributed by atoms with Crippen LogP contribution in [0.1, 0.15) is 79.1 Å². The minimum Gasteiger partial charge on any atom is -0.386 e. The molecule has 2 heteroatoms. The van der Waals surface area contributed by atoms with E-state index in [-0.39, 0.29) is 5.41 Å². The number of hydrogen-bond donors (Lipinski definition) is 2. The van der Waals surface area contributed by atoms with Crippen LogP contribution in [-0.4, -0.2) is 0 Å². The van der Waals surface area contributed by atoms with E-state index in [0.29, 0.717) is 5.82 Å². The molecular weight excluding hydrogens is 208 g/mol. The van der Waals surface area contributed by atoms with E-state index in [1.165, 1.54) is 44.1 Å². The Hall–Kier alpha value is -0.660. The highest BCUT2D eigenvalue weighted by molar-refractivity contribution is 5.19. The molecule has 0 aromatic carbocycles. The lowest BCUT2D eigenvalue weighted by Gasteiger charge is -2.37. The van der Waals surface area contributed by atoms with E-state index in [1.807, 2.05) is 0 Å². The van der Waals surface area contributed by atoms with Crippen molar-refractivity contribution in [1.82, 2.24) is 0 Å². The maximum absolute atomic E-state index is 5.96. The lowest BCUT2D eigenvalue weighted by Crippen LogP contribution is -2.29. The quantitative estimate of drug-likeness (QED) is 0.631. The van der Waals surface area contributed by atoms with Crippen molar-refractivity contribution in [3.05, 3.63) is 11.4 Å². The highest BCUT2D eigenvalue weighted by atomic mass is 14.8. The van der Waals surface area contributed by atoms with Gasteiger partial charge in [0.25, 0.3) is 0 Å². The summed E-state index contributed by atoms with van der Waals surface area (Å²) in [6, 6.07) is 0. The van der Waals surface area contributed by atoms with E-state index in [0.717, 1.165) is 12.8 Å². The molecule has 2 nitrogen and oxygen atoms in total. The second-order valence-corrected chi connectivity index (χ2v) is 5.21. The van der Waals surface area contributed by atoms with Crippen LogP contribution in [-0.2, 0) is 0 Å². The lowest BCUT2D eigenvalue weighted by atomic mass is 9.68. The third-order valence-electron chi connectivity index (χ3n) is 3.67. The molecular formula is C15H32N2. The number of nitrogens with two attached hydrogens (primary N) is 2. The topological polar surface area (TPSA) is 52.0 Å². The Morgan fingerprint density at radius 1 is 0.765 bits per heavy atom. The van der Waals surface area contributed by atoms with Crippen LogP contribution in [0.3, 0.4) is 0 Å². The van der Waals surface area contributed by atoms with E-state index in [4.69, 9.17) is 11.5 Å². The molecule has 0 fully saturated rings. The first kappa shape index (κ1) is 16.3. The van der Waals surface area contributed by atoms with Gasteiger partial charge >= 0.3 is 0 Å². The van der Waals surface area contributed by atoms with Crippen LogP contribution in [0, 0.1) is 5.41 Å². The predicted octanol–water partition coefficient (Wildman–Crippen LogP) is 4.30. The zero-order chi connectivity index (χ0) is 13.3. The van der Waals surface area contributed by atoms with Gasteiger partial charge in [0.2, 0.25) is 0 Å². The van der Waals surface area contributed by atoms with Gasteiger partial charge in [-0.2, -0.15) is 0 Å². The average molecular weight is 240 g/mol. The third kappa shape index (κ3) is 4.61. The predicted molar refractivity (Wildman–Crippen MR) is 77.5 cm³/mol. The first-order valence-electron chi connectivity index (χ1n) is 7.32. The number of rotatable bonds is 9. The van der Waals surface area contributed by atoms with Crippen molar-refractivity contribution in [2.45, 2.75) is 79.1 Å². The molecule has 0 aromatic heterocycles. The maximum atomic E-state index is 5.96. The zero-order valence-corrected chi connectivity index (χ0v) is 12.3. The summed E-state index contributed by atoms with van der Waals surface area (Å²) in [4.78, 5) is 0. The summed E-state index contributed by atoms with van der Waals surface area (Å²) in [7, 11) is 0. The largest absolute Gasteiger partial charge is 0.386 e. The normalized spacial score (nSPS) is 11.5. The van der Waals surface area contributed by atoms with Crippen LogP contribution in [0.2, 0.25) is 0 Å². The van der Waals surface area contributed by atoms with Gasteiger partial charge in [-0.05, 0) is 36.7 Å². The second-order valence-electron chi connectivity index (χ2n) is 5.21. The Morgan fingerprint density at radius 2 is 1.18 bits per heavy atom. The van der Waals surface area contributed by atoms with Crippen molar-refractivity contribution in [3.8, 4) is 0 Å². The molecule has 102 valence electrons. The van der Waals surface area contributed by atoms with Gasteiger partial charge in [-0.15, -0.1) is 0 Å². The van der Waals surface area contributed by atoms with Crippen LogP contribution < -0.4 is 11.5 Å². The van der Waals surface area contributed by atoms with Crippen molar-refractivity contribution in [3.63, 3.8) is 0 Å². The molecule has 0 atom stereocenters. The molecule has 0 aliphatic carbocycles. The Kier molecular flexibility index (Phi) is 8.11. The fraction of sp³-hybridized carbons (Fsp3) is 0.867. The zero-order valence-electron chi connectivity index (χ0n) is 12.3. The molecule has 0 saturated carbocycles. The molecule has 0 saturated heterocycles. The second kappa shape index (κ2) is 8.43. The molecule has 0 heterocycles. The van der Waals surface area contributed by atoms with Gasteiger partial charge in [0, 0.05) is 0 Å². The first-order valence-corrected chi connectivity index (χ1v) is 7.32. The van der Waals surface area contributed by atoms with Crippen molar-refractivity contribution in [2.24, 2.45) is 16.9 Å². The molecule has 0 bridgehead atoms. The lowest BCUT2D eigenvalue weighted by molar-refractivity contribution is 0.256. The molecule has 4 N–H and O–H groups in total. The standard InChI is InChI=1S/C15H32N2/c1-5-9-13(14(16)17)15(10-6-2,11-7-3)12-8-4/h5-12,16-17H2,1-4H3. The molecule has 0 amide bonds. The van der Waals surface area contributed by atoms with Gasteiger partial charge in [-0.25, -0.2) is 0 Å². The van der Waals surface area contributed by atoms with Gasteiger partial charge in [-0.1, -0.05) is 53.4 Å². The Bertz CT molecular complexity index is 210. The minimum absolute atomic E-state index is 0.271. The highest BCUT2D eigenvalue weighted by Crippen LogP contribution is 2.44. The molecule has 0 aliphatic heterocycles. The van der Waals surface area contributed by atoms with Crippen LogP contribution in [0.15, 0.2) is 11.4 Å². The highest BCUT2D eigenvalue weighted by Gasteiger charge is 2.32. The molecule has 17 heavy (non-hydrogen) atoms. The minimum atomic E-state index is 0.271. The average Bonchev–Trinajstić information content (AvgIpc) is 2.26. The summed E-state index contributed by atoms with van der Waals surface area (Å²) < 4.78 is 0. The van der Waals surface area contributed by atoms with Gasteiger partial charge in [0.05, 0.1) is 5.82 Å². The fourth-order valence-corrected chi connectivity index (χ4v) is 3.23. The number of hydrogen-bond acceptors (Lipinski definition) is 2. The molecule has 0 unspecified atom stereocenters. The van der Waals surface area contributed by atoms with Gasteiger partial charge < -0.3 is 11.5 Å². The molecule has 0 spiro atoms. The molecule has 0 rings (SSSR count). The molecule has 0 aromatic rings. The summed E-state index contributed by atoms with van der Waals surface area (Å²) in [6.45, 7) is 8.99. The number of allylic oxidation sites excluding steroid dienone is 1. The Labute approximate surface area is 108 Å². The molecule has 0 aliphatic rings. The van der Waals surface area contributed by atoms with Crippen molar-refractivity contribution < 1.29 is 0 Å². The van der Waals surface area contributed by atoms with Crippen molar-refractivity contribution in [2.75, 3.05) is 0 Å². The fourth-order valence-electron chi connectivity index (χ4n) is 3.23.